The SMILES string of the molecule is C#CCN(c1ccc(C(=O)N[C@@H](CCC(=O)O)C(=O)O)c(F)c1)[C@H]1CCc2cc3nc(C)[nH]c(=O)c3cc21. The number of carboxylic acids is 2. The van der Waals surface area contributed by atoms with Crippen molar-refractivity contribution in [1.82, 2.24) is 15.3 Å². The second kappa shape index (κ2) is 10.7. The van der Waals surface area contributed by atoms with Crippen LogP contribution in [0.15, 0.2) is 35.1 Å². The fourth-order valence-electron chi connectivity index (χ4n) is 4.77. The summed E-state index contributed by atoms with van der Waals surface area (Å²) in [7, 11) is 0. The molecule has 0 unspecified atom stereocenters. The van der Waals surface area contributed by atoms with E-state index in [9.17, 15) is 24.3 Å². The molecule has 0 fully saturated rings. The number of nitrogens with one attached hydrogen (secondary N) is 2. The van der Waals surface area contributed by atoms with Gasteiger partial charge in [0.2, 0.25) is 0 Å². The van der Waals surface area contributed by atoms with Crippen LogP contribution in [0.5, 0.6) is 0 Å². The van der Waals surface area contributed by atoms with Crippen LogP contribution in [0.4, 0.5) is 10.1 Å². The van der Waals surface area contributed by atoms with Crippen molar-refractivity contribution >= 4 is 34.4 Å². The lowest BCUT2D eigenvalue weighted by Gasteiger charge is -2.30. The Morgan fingerprint density at radius 2 is 2.05 bits per heavy atom. The number of nitrogens with zero attached hydrogens (tertiary/aromatic N) is 2. The molecule has 0 saturated heterocycles. The maximum absolute atomic E-state index is 15.1. The lowest BCUT2D eigenvalue weighted by Crippen LogP contribution is -2.41. The van der Waals surface area contributed by atoms with Crippen molar-refractivity contribution in [2.24, 2.45) is 0 Å². The maximum atomic E-state index is 15.1. The number of amides is 1. The molecule has 4 N–H and O–H groups in total. The van der Waals surface area contributed by atoms with Gasteiger partial charge in [0.1, 0.15) is 17.7 Å². The monoisotopic (exact) mass is 520 g/mol. The first-order chi connectivity index (χ1) is 18.1. The van der Waals surface area contributed by atoms with Gasteiger partial charge >= 0.3 is 11.9 Å². The highest BCUT2D eigenvalue weighted by atomic mass is 19.1. The smallest absolute Gasteiger partial charge is 0.326 e. The molecule has 0 aliphatic heterocycles. The summed E-state index contributed by atoms with van der Waals surface area (Å²) >= 11 is 0. The third kappa shape index (κ3) is 5.34. The van der Waals surface area contributed by atoms with Crippen LogP contribution >= 0.6 is 0 Å². The van der Waals surface area contributed by atoms with Crippen LogP contribution in [-0.4, -0.2) is 50.6 Å². The van der Waals surface area contributed by atoms with E-state index in [-0.39, 0.29) is 30.1 Å². The summed E-state index contributed by atoms with van der Waals surface area (Å²) in [6.07, 6.45) is 6.18. The second-order valence-corrected chi connectivity index (χ2v) is 9.07. The van der Waals surface area contributed by atoms with Gasteiger partial charge in [-0.1, -0.05) is 5.92 Å². The van der Waals surface area contributed by atoms with Gasteiger partial charge in [-0.25, -0.2) is 14.2 Å². The molecule has 2 atom stereocenters. The number of hydrogen-bond donors (Lipinski definition) is 4. The second-order valence-electron chi connectivity index (χ2n) is 9.07. The van der Waals surface area contributed by atoms with Gasteiger partial charge in [0.25, 0.3) is 11.5 Å². The molecule has 2 aromatic carbocycles. The molecule has 1 heterocycles. The van der Waals surface area contributed by atoms with E-state index in [0.717, 1.165) is 17.2 Å². The number of aromatic nitrogens is 2. The summed E-state index contributed by atoms with van der Waals surface area (Å²) in [5, 5.41) is 20.7. The number of halogens is 1. The Morgan fingerprint density at radius 1 is 1.29 bits per heavy atom. The van der Waals surface area contributed by atoms with Crippen molar-refractivity contribution in [3.63, 3.8) is 0 Å². The zero-order valence-electron chi connectivity index (χ0n) is 20.5. The molecule has 0 radical (unpaired) electrons. The Kier molecular flexibility index (Phi) is 7.43. The van der Waals surface area contributed by atoms with Crippen molar-refractivity contribution in [2.75, 3.05) is 11.4 Å². The Hall–Kier alpha value is -4.72. The number of carboxylic acid groups (broad SMARTS) is 2. The third-order valence-corrected chi connectivity index (χ3v) is 6.55. The van der Waals surface area contributed by atoms with Gasteiger partial charge < -0.3 is 25.4 Å². The predicted octanol–water partition coefficient (Wildman–Crippen LogP) is 2.55. The molecule has 196 valence electrons. The topological polar surface area (TPSA) is 153 Å². The van der Waals surface area contributed by atoms with Crippen molar-refractivity contribution in [1.29, 1.82) is 0 Å². The number of hydrogen-bond acceptors (Lipinski definition) is 6. The Bertz CT molecular complexity index is 1540. The Balaban J connectivity index is 1.62. The zero-order valence-corrected chi connectivity index (χ0v) is 20.5. The molecule has 11 heteroatoms. The summed E-state index contributed by atoms with van der Waals surface area (Å²) < 4.78 is 15.1. The number of benzene rings is 2. The fourth-order valence-corrected chi connectivity index (χ4v) is 4.77. The highest BCUT2D eigenvalue weighted by Gasteiger charge is 2.30. The van der Waals surface area contributed by atoms with Crippen LogP contribution in [0.3, 0.4) is 0 Å². The van der Waals surface area contributed by atoms with Gasteiger partial charge in [0.15, 0.2) is 0 Å². The first-order valence-electron chi connectivity index (χ1n) is 11.9. The molecule has 1 aliphatic rings. The predicted molar refractivity (Wildman–Crippen MR) is 137 cm³/mol. The molecule has 1 aliphatic carbocycles. The number of aliphatic carboxylic acids is 2. The quantitative estimate of drug-likeness (QED) is 0.314. The van der Waals surface area contributed by atoms with Crippen LogP contribution in [0.2, 0.25) is 0 Å². The van der Waals surface area contributed by atoms with Gasteiger partial charge in [-0.05, 0) is 67.6 Å². The molecule has 4 rings (SSSR count). The highest BCUT2D eigenvalue weighted by molar-refractivity contribution is 5.97. The van der Waals surface area contributed by atoms with Gasteiger partial charge in [-0.3, -0.25) is 14.4 Å². The number of fused-ring (bicyclic) bond motifs is 2. The Labute approximate surface area is 216 Å². The number of terminal acetylenes is 1. The van der Waals surface area contributed by atoms with Crippen molar-refractivity contribution in [2.45, 2.75) is 44.7 Å². The number of anilines is 1. The molecule has 38 heavy (non-hydrogen) atoms. The van der Waals surface area contributed by atoms with E-state index < -0.39 is 36.1 Å². The standard InChI is InChI=1S/C27H25FN4O6/c1-3-10-32(23-8-4-15-11-22-19(13-18(15)23)26(36)30-14(2)29-22)16-5-6-17(20(28)12-16)25(35)31-21(27(37)38)7-9-24(33)34/h1,5-6,11-13,21,23H,4,7-10H2,2H3,(H,31,35)(H,33,34)(H,37,38)(H,29,30,36)/t21-,23-/m0/s1. The molecule has 1 aromatic heterocycles. The fraction of sp³-hybridized carbons (Fsp3) is 0.296. The number of aromatic amines is 1. The van der Waals surface area contributed by atoms with Crippen molar-refractivity contribution < 1.29 is 29.0 Å². The zero-order chi connectivity index (χ0) is 27.6. The van der Waals surface area contributed by atoms with E-state index in [0.29, 0.717) is 35.3 Å². The van der Waals surface area contributed by atoms with Crippen LogP contribution < -0.4 is 15.8 Å². The minimum atomic E-state index is -1.48. The summed E-state index contributed by atoms with van der Waals surface area (Å²) in [6.45, 7) is 1.84. The molecular weight excluding hydrogens is 495 g/mol. The molecular formula is C27H25FN4O6. The first kappa shape index (κ1) is 26.3. The lowest BCUT2D eigenvalue weighted by atomic mass is 10.0. The minimum absolute atomic E-state index is 0.131. The van der Waals surface area contributed by atoms with Gasteiger partial charge in [-0.2, -0.15) is 0 Å². The van der Waals surface area contributed by atoms with E-state index in [1.54, 1.807) is 13.0 Å². The van der Waals surface area contributed by atoms with Crippen LogP contribution in [0.25, 0.3) is 10.9 Å². The van der Waals surface area contributed by atoms with Crippen LogP contribution in [0.1, 0.15) is 52.6 Å². The average molecular weight is 521 g/mol. The number of carbonyl (C=O) groups excluding carboxylic acids is 1. The van der Waals surface area contributed by atoms with Gasteiger partial charge in [-0.15, -0.1) is 6.42 Å². The summed E-state index contributed by atoms with van der Waals surface area (Å²) in [5.41, 5.74) is 2.26. The molecule has 1 amide bonds. The van der Waals surface area contributed by atoms with Crippen molar-refractivity contribution in [3.8, 4) is 12.3 Å². The number of H-pyrrole nitrogens is 1. The third-order valence-electron chi connectivity index (χ3n) is 6.55. The molecule has 0 saturated carbocycles. The summed E-state index contributed by atoms with van der Waals surface area (Å²) in [5.74, 6) is -1.41. The maximum Gasteiger partial charge on any atom is 0.326 e. The number of aryl methyl sites for hydroxylation is 2. The van der Waals surface area contributed by atoms with E-state index in [1.807, 2.05) is 11.0 Å². The Morgan fingerprint density at radius 3 is 2.71 bits per heavy atom. The largest absolute Gasteiger partial charge is 0.481 e. The summed E-state index contributed by atoms with van der Waals surface area (Å²) in [4.78, 5) is 56.2. The van der Waals surface area contributed by atoms with Crippen LogP contribution in [0, 0.1) is 25.1 Å². The van der Waals surface area contributed by atoms with E-state index >= 15 is 4.39 Å². The van der Waals surface area contributed by atoms with Crippen LogP contribution in [-0.2, 0) is 16.0 Å². The van der Waals surface area contributed by atoms with Gasteiger partial charge in [0, 0.05) is 12.1 Å². The lowest BCUT2D eigenvalue weighted by molar-refractivity contribution is -0.140. The minimum Gasteiger partial charge on any atom is -0.481 e. The molecule has 10 nitrogen and oxygen atoms in total. The number of rotatable bonds is 9. The van der Waals surface area contributed by atoms with E-state index in [1.165, 1.54) is 12.1 Å². The number of carbonyl (C=O) groups is 3. The van der Waals surface area contributed by atoms with E-state index in [4.69, 9.17) is 11.5 Å². The molecule has 0 bridgehead atoms. The van der Waals surface area contributed by atoms with Crippen molar-refractivity contribution in [3.05, 3.63) is 69.0 Å². The summed E-state index contributed by atoms with van der Waals surface area (Å²) in [6, 6.07) is 5.83. The average Bonchev–Trinajstić information content (AvgIpc) is 3.25. The first-order valence-corrected chi connectivity index (χ1v) is 11.9. The molecule has 3 aromatic rings. The highest BCUT2D eigenvalue weighted by Crippen LogP contribution is 2.39. The normalized spacial score (nSPS) is 14.9. The van der Waals surface area contributed by atoms with Gasteiger partial charge in [0.05, 0.1) is 29.1 Å². The molecule has 0 spiro atoms. The van der Waals surface area contributed by atoms with E-state index in [2.05, 4.69) is 21.2 Å².